The molecular weight excluding hydrogens is 369 g/mol. The molecule has 2 aliphatic rings. The van der Waals surface area contributed by atoms with Crippen LogP contribution in [0.2, 0.25) is 0 Å². The van der Waals surface area contributed by atoms with Gasteiger partial charge in [-0.3, -0.25) is 9.69 Å². The van der Waals surface area contributed by atoms with Crippen molar-refractivity contribution in [2.75, 3.05) is 39.3 Å². The van der Waals surface area contributed by atoms with Crippen LogP contribution in [-0.4, -0.2) is 73.7 Å². The number of carbonyl (C=O) groups is 1. The molecule has 27 heavy (non-hydrogen) atoms. The van der Waals surface area contributed by atoms with Crippen molar-refractivity contribution in [1.82, 2.24) is 14.1 Å². The van der Waals surface area contributed by atoms with Crippen LogP contribution in [0.4, 0.5) is 4.39 Å². The molecule has 0 aromatic heterocycles. The molecule has 1 atom stereocenters. The van der Waals surface area contributed by atoms with Crippen molar-refractivity contribution < 1.29 is 17.6 Å². The summed E-state index contributed by atoms with van der Waals surface area (Å²) in [5.74, 6) is -0.421. The molecule has 0 bridgehead atoms. The first-order valence-electron chi connectivity index (χ1n) is 9.69. The summed E-state index contributed by atoms with van der Waals surface area (Å²) < 4.78 is 40.1. The number of sulfonamides is 1. The van der Waals surface area contributed by atoms with E-state index in [1.54, 1.807) is 0 Å². The monoisotopic (exact) mass is 397 g/mol. The second-order valence-electron chi connectivity index (χ2n) is 7.28. The van der Waals surface area contributed by atoms with E-state index in [0.29, 0.717) is 38.8 Å². The van der Waals surface area contributed by atoms with E-state index in [1.807, 2.05) is 9.80 Å². The third-order valence-corrected chi connectivity index (χ3v) is 7.44. The Morgan fingerprint density at radius 3 is 2.56 bits per heavy atom. The van der Waals surface area contributed by atoms with Crippen molar-refractivity contribution >= 4 is 15.9 Å². The van der Waals surface area contributed by atoms with Crippen LogP contribution in [0.3, 0.4) is 0 Å². The van der Waals surface area contributed by atoms with Gasteiger partial charge in [0.25, 0.3) is 0 Å². The molecule has 8 heteroatoms. The average Bonchev–Trinajstić information content (AvgIpc) is 2.68. The first-order chi connectivity index (χ1) is 12.9. The summed E-state index contributed by atoms with van der Waals surface area (Å²) in [5.41, 5.74) is 0. The second kappa shape index (κ2) is 8.67. The van der Waals surface area contributed by atoms with Crippen LogP contribution < -0.4 is 0 Å². The number of amides is 1. The number of nitrogens with zero attached hydrogens (tertiary/aromatic N) is 3. The van der Waals surface area contributed by atoms with E-state index < -0.39 is 15.8 Å². The summed E-state index contributed by atoms with van der Waals surface area (Å²) in [6, 6.07) is 5.43. The van der Waals surface area contributed by atoms with Crippen molar-refractivity contribution in [2.24, 2.45) is 0 Å². The molecule has 1 aromatic rings. The molecule has 6 nitrogen and oxygen atoms in total. The Labute approximate surface area is 161 Å². The lowest BCUT2D eigenvalue weighted by Crippen LogP contribution is -2.53. The molecule has 0 aliphatic carbocycles. The molecule has 0 unspecified atom stereocenters. The van der Waals surface area contributed by atoms with Gasteiger partial charge in [-0.2, -0.15) is 4.31 Å². The largest absolute Gasteiger partial charge is 0.339 e. The minimum atomic E-state index is -3.70. The van der Waals surface area contributed by atoms with Gasteiger partial charge in [-0.05, 0) is 43.9 Å². The van der Waals surface area contributed by atoms with Gasteiger partial charge in [0.1, 0.15) is 5.82 Å². The van der Waals surface area contributed by atoms with Crippen LogP contribution in [0.15, 0.2) is 29.2 Å². The van der Waals surface area contributed by atoms with Crippen molar-refractivity contribution in [3.05, 3.63) is 30.1 Å². The zero-order chi connectivity index (χ0) is 19.4. The fraction of sp³-hybridized carbons (Fsp3) is 0.632. The molecule has 3 rings (SSSR count). The molecule has 0 N–H and O–H groups in total. The van der Waals surface area contributed by atoms with Crippen molar-refractivity contribution in [3.63, 3.8) is 0 Å². The maximum Gasteiger partial charge on any atom is 0.243 e. The lowest BCUT2D eigenvalue weighted by atomic mass is 10.00. The number of rotatable bonds is 5. The highest BCUT2D eigenvalue weighted by molar-refractivity contribution is 7.89. The molecule has 1 aromatic carbocycles. The van der Waals surface area contributed by atoms with E-state index in [2.05, 4.69) is 6.92 Å². The fourth-order valence-electron chi connectivity index (χ4n) is 3.94. The van der Waals surface area contributed by atoms with Crippen LogP contribution in [0.1, 0.15) is 32.6 Å². The Morgan fingerprint density at radius 2 is 1.89 bits per heavy atom. The third kappa shape index (κ3) is 4.67. The zero-order valence-electron chi connectivity index (χ0n) is 15.8. The van der Waals surface area contributed by atoms with Crippen molar-refractivity contribution in [1.29, 1.82) is 0 Å². The summed E-state index contributed by atoms with van der Waals surface area (Å²) in [6.45, 7) is 4.91. The lowest BCUT2D eigenvalue weighted by molar-refractivity contribution is -0.136. The number of hydrogen-bond acceptors (Lipinski definition) is 4. The minimum absolute atomic E-state index is 0.0221. The Balaban J connectivity index is 1.56. The standard InChI is InChI=1S/C19H28FN3O3S/c1-2-17-7-3-4-9-23(17)19(24)15-21-10-12-22(13-11-21)27(25,26)18-8-5-6-16(20)14-18/h5-6,8,14,17H,2-4,7,9-13,15H2,1H3/t17-/m1/s1. The predicted octanol–water partition coefficient (Wildman–Crippen LogP) is 1.92. The number of benzene rings is 1. The van der Waals surface area contributed by atoms with Crippen LogP contribution >= 0.6 is 0 Å². The van der Waals surface area contributed by atoms with Gasteiger partial charge in [-0.1, -0.05) is 13.0 Å². The average molecular weight is 398 g/mol. The van der Waals surface area contributed by atoms with Crippen LogP contribution in [-0.2, 0) is 14.8 Å². The van der Waals surface area contributed by atoms with Crippen LogP contribution in [0.5, 0.6) is 0 Å². The lowest BCUT2D eigenvalue weighted by Gasteiger charge is -2.38. The van der Waals surface area contributed by atoms with Gasteiger partial charge >= 0.3 is 0 Å². The number of piperazine rings is 1. The fourth-order valence-corrected chi connectivity index (χ4v) is 5.39. The van der Waals surface area contributed by atoms with Gasteiger partial charge in [-0.25, -0.2) is 12.8 Å². The summed E-state index contributed by atoms with van der Waals surface area (Å²) in [6.07, 6.45) is 4.29. The molecule has 0 radical (unpaired) electrons. The third-order valence-electron chi connectivity index (χ3n) is 5.54. The Hall–Kier alpha value is -1.51. The smallest absolute Gasteiger partial charge is 0.243 e. The van der Waals surface area contributed by atoms with E-state index in [9.17, 15) is 17.6 Å². The number of hydrogen-bond donors (Lipinski definition) is 0. The van der Waals surface area contributed by atoms with Crippen LogP contribution in [0.25, 0.3) is 0 Å². The number of likely N-dealkylation sites (tertiary alicyclic amines) is 1. The SMILES string of the molecule is CC[C@@H]1CCCCN1C(=O)CN1CCN(S(=O)(=O)c2cccc(F)c2)CC1. The van der Waals surface area contributed by atoms with Gasteiger partial charge < -0.3 is 4.90 Å². The highest BCUT2D eigenvalue weighted by atomic mass is 32.2. The van der Waals surface area contributed by atoms with E-state index in [4.69, 9.17) is 0 Å². The summed E-state index contributed by atoms with van der Waals surface area (Å²) in [7, 11) is -3.70. The minimum Gasteiger partial charge on any atom is -0.339 e. The van der Waals surface area contributed by atoms with E-state index in [-0.39, 0.29) is 10.8 Å². The van der Waals surface area contributed by atoms with E-state index >= 15 is 0 Å². The normalized spacial score (nSPS) is 22.7. The number of piperidine rings is 1. The van der Waals surface area contributed by atoms with Gasteiger partial charge in [0.05, 0.1) is 11.4 Å². The Morgan fingerprint density at radius 1 is 1.15 bits per heavy atom. The van der Waals surface area contributed by atoms with Gasteiger partial charge in [-0.15, -0.1) is 0 Å². The Kier molecular flexibility index (Phi) is 6.49. The Bertz CT molecular complexity index is 763. The molecule has 2 heterocycles. The maximum atomic E-state index is 13.4. The molecule has 0 spiro atoms. The van der Waals surface area contributed by atoms with E-state index in [0.717, 1.165) is 31.9 Å². The summed E-state index contributed by atoms with van der Waals surface area (Å²) in [4.78, 5) is 16.7. The quantitative estimate of drug-likeness (QED) is 0.762. The highest BCUT2D eigenvalue weighted by Gasteiger charge is 2.31. The molecule has 2 saturated heterocycles. The highest BCUT2D eigenvalue weighted by Crippen LogP contribution is 2.21. The molecular formula is C19H28FN3O3S. The summed E-state index contributed by atoms with van der Waals surface area (Å²) in [5, 5.41) is 0. The van der Waals surface area contributed by atoms with E-state index in [1.165, 1.54) is 28.9 Å². The first kappa shape index (κ1) is 20.2. The van der Waals surface area contributed by atoms with Crippen LogP contribution in [0, 0.1) is 5.82 Å². The van der Waals surface area contributed by atoms with Gasteiger partial charge in [0, 0.05) is 38.8 Å². The second-order valence-corrected chi connectivity index (χ2v) is 9.22. The predicted molar refractivity (Wildman–Crippen MR) is 101 cm³/mol. The van der Waals surface area contributed by atoms with Gasteiger partial charge in [0.2, 0.25) is 15.9 Å². The van der Waals surface area contributed by atoms with Gasteiger partial charge in [0.15, 0.2) is 0 Å². The molecule has 0 saturated carbocycles. The first-order valence-corrected chi connectivity index (χ1v) is 11.1. The number of halogens is 1. The molecule has 150 valence electrons. The summed E-state index contributed by atoms with van der Waals surface area (Å²) >= 11 is 0. The number of carbonyl (C=O) groups excluding carboxylic acids is 1. The van der Waals surface area contributed by atoms with Crippen molar-refractivity contribution in [2.45, 2.75) is 43.5 Å². The molecule has 1 amide bonds. The molecule has 2 aliphatic heterocycles. The molecule has 2 fully saturated rings. The topological polar surface area (TPSA) is 60.9 Å². The zero-order valence-corrected chi connectivity index (χ0v) is 16.6. The maximum absolute atomic E-state index is 13.4. The van der Waals surface area contributed by atoms with Crippen molar-refractivity contribution in [3.8, 4) is 0 Å².